The highest BCUT2D eigenvalue weighted by Crippen LogP contribution is 2.37. The summed E-state index contributed by atoms with van der Waals surface area (Å²) in [6.07, 6.45) is 0.251. The summed E-state index contributed by atoms with van der Waals surface area (Å²) in [5.74, 6) is 0.456. The lowest BCUT2D eigenvalue weighted by Crippen LogP contribution is -2.55. The van der Waals surface area contributed by atoms with E-state index in [0.29, 0.717) is 55.2 Å². The Bertz CT molecular complexity index is 1560. The maximum absolute atomic E-state index is 13.8. The van der Waals surface area contributed by atoms with Gasteiger partial charge in [-0.05, 0) is 69.9 Å². The van der Waals surface area contributed by atoms with Gasteiger partial charge in [-0.15, -0.1) is 0 Å². The number of hydrogen-bond donors (Lipinski definition) is 0. The molecule has 9 nitrogen and oxygen atoms in total. The molecule has 1 aliphatic rings. The summed E-state index contributed by atoms with van der Waals surface area (Å²) < 4.78 is 13.5. The second kappa shape index (κ2) is 12.4. The highest BCUT2D eigenvalue weighted by atomic mass is 35.5. The molecule has 0 aliphatic carbocycles. The molecule has 12 heteroatoms. The van der Waals surface area contributed by atoms with Gasteiger partial charge in [0.2, 0.25) is 0 Å². The lowest BCUT2D eigenvalue weighted by molar-refractivity contribution is 0.0218. The molecule has 0 bridgehead atoms. The zero-order valence-corrected chi connectivity index (χ0v) is 29.1. The van der Waals surface area contributed by atoms with Crippen molar-refractivity contribution in [1.82, 2.24) is 19.4 Å². The number of anilines is 1. The van der Waals surface area contributed by atoms with E-state index in [1.807, 2.05) is 56.9 Å². The lowest BCUT2D eigenvalue weighted by atomic mass is 10.1. The monoisotopic (exact) mass is 647 g/mol. The van der Waals surface area contributed by atoms with Crippen molar-refractivity contribution in [3.8, 4) is 5.69 Å². The first-order valence-electron chi connectivity index (χ1n) is 14.7. The molecule has 1 fully saturated rings. The number of para-hydroxylation sites is 1. The molecule has 0 N–H and O–H groups in total. The van der Waals surface area contributed by atoms with E-state index in [9.17, 15) is 9.59 Å². The minimum atomic E-state index is -1.94. The van der Waals surface area contributed by atoms with Crippen molar-refractivity contribution in [2.45, 2.75) is 84.7 Å². The van der Waals surface area contributed by atoms with E-state index in [-0.39, 0.29) is 27.3 Å². The van der Waals surface area contributed by atoms with Crippen molar-refractivity contribution in [2.75, 3.05) is 31.1 Å². The van der Waals surface area contributed by atoms with Gasteiger partial charge in [0.15, 0.2) is 14.0 Å². The topological polar surface area (TPSA) is 89.8 Å². The molecule has 1 unspecified atom stereocenters. The number of nitrogens with zero attached hydrogens (tertiary/aromatic N) is 5. The van der Waals surface area contributed by atoms with E-state index in [2.05, 4.69) is 43.8 Å². The summed E-state index contributed by atoms with van der Waals surface area (Å²) in [5.41, 5.74) is 0.904. The third kappa shape index (κ3) is 7.36. The van der Waals surface area contributed by atoms with Gasteiger partial charge in [0.05, 0.1) is 16.1 Å². The van der Waals surface area contributed by atoms with Crippen LogP contribution in [0.4, 0.5) is 10.6 Å². The smallest absolute Gasteiger partial charge is 0.410 e. The van der Waals surface area contributed by atoms with Crippen molar-refractivity contribution >= 4 is 54.5 Å². The molecule has 1 aliphatic heterocycles. The van der Waals surface area contributed by atoms with Crippen molar-refractivity contribution in [3.05, 3.63) is 56.6 Å². The van der Waals surface area contributed by atoms with Crippen LogP contribution >= 0.6 is 23.2 Å². The Kier molecular flexibility index (Phi) is 9.57. The Morgan fingerprint density at radius 1 is 1.07 bits per heavy atom. The van der Waals surface area contributed by atoms with Gasteiger partial charge in [0.25, 0.3) is 0 Å². The third-order valence-electron chi connectivity index (χ3n) is 8.18. The Labute approximate surface area is 265 Å². The molecule has 4 rings (SSSR count). The average molecular weight is 649 g/mol. The molecule has 234 valence electrons. The summed E-state index contributed by atoms with van der Waals surface area (Å²) in [6.45, 7) is 20.4. The first kappa shape index (κ1) is 33.2. The molecular formula is C31H43Cl2N5O4Si. The first-order chi connectivity index (χ1) is 19.9. The predicted molar refractivity (Wildman–Crippen MR) is 177 cm³/mol. The molecule has 43 heavy (non-hydrogen) atoms. The van der Waals surface area contributed by atoms with Crippen molar-refractivity contribution in [2.24, 2.45) is 0 Å². The highest BCUT2D eigenvalue weighted by molar-refractivity contribution is 6.74. The fraction of sp³-hybridized carbons (Fsp3) is 0.548. The van der Waals surface area contributed by atoms with Gasteiger partial charge >= 0.3 is 11.8 Å². The van der Waals surface area contributed by atoms with Crippen LogP contribution in [0.25, 0.3) is 16.7 Å². The average Bonchev–Trinajstić information content (AvgIpc) is 2.88. The van der Waals surface area contributed by atoms with Gasteiger partial charge < -0.3 is 19.0 Å². The van der Waals surface area contributed by atoms with Gasteiger partial charge in [-0.2, -0.15) is 4.98 Å². The Morgan fingerprint density at radius 2 is 1.74 bits per heavy atom. The molecule has 0 radical (unpaired) electrons. The standard InChI is InChI=1S/C31H43Cl2N5O4Si/c1-20-19-36(29(40)42-30(2,3)4)15-16-37(20)26-22-18-23(32)25(33)34-27(22)38(28(39)35-26)24-13-11-10-12-21(24)14-17-41-43(8,9)31(5,6)7/h10-13,18,20H,14-17,19H2,1-9H3. The van der Waals surface area contributed by atoms with Crippen LogP contribution in [0.5, 0.6) is 0 Å². The van der Waals surface area contributed by atoms with Crippen molar-refractivity contribution < 1.29 is 14.0 Å². The van der Waals surface area contributed by atoms with Crippen LogP contribution in [0.15, 0.2) is 35.1 Å². The number of carbonyl (C=O) groups excluding carboxylic acids is 1. The maximum Gasteiger partial charge on any atom is 0.410 e. The zero-order chi connectivity index (χ0) is 31.9. The number of pyridine rings is 1. The SMILES string of the molecule is CC1CN(C(=O)OC(C)(C)C)CCN1c1nc(=O)n(-c2ccccc2CCO[Si](C)(C)C(C)(C)C)c2nc(Cl)c(Cl)cc12. The summed E-state index contributed by atoms with van der Waals surface area (Å²) in [6, 6.07) is 9.27. The van der Waals surface area contributed by atoms with E-state index in [4.69, 9.17) is 32.4 Å². The van der Waals surface area contributed by atoms with E-state index in [1.54, 1.807) is 11.0 Å². The van der Waals surface area contributed by atoms with Gasteiger partial charge in [-0.25, -0.2) is 19.1 Å². The normalized spacial score (nSPS) is 16.6. The molecule has 0 saturated carbocycles. The van der Waals surface area contributed by atoms with Crippen LogP contribution in [0.1, 0.15) is 54.0 Å². The fourth-order valence-electron chi connectivity index (χ4n) is 4.86. The van der Waals surface area contributed by atoms with Gasteiger partial charge in [0.1, 0.15) is 16.6 Å². The number of carbonyl (C=O) groups is 1. The first-order valence-corrected chi connectivity index (χ1v) is 18.3. The summed E-state index contributed by atoms with van der Waals surface area (Å²) in [5, 5.41) is 1.05. The largest absolute Gasteiger partial charge is 0.444 e. The number of halogens is 2. The summed E-state index contributed by atoms with van der Waals surface area (Å²) in [4.78, 5) is 39.4. The van der Waals surface area contributed by atoms with Crippen LogP contribution in [0.2, 0.25) is 28.3 Å². The van der Waals surface area contributed by atoms with Crippen LogP contribution in [-0.2, 0) is 15.6 Å². The number of aromatic nitrogens is 3. The second-order valence-electron chi connectivity index (χ2n) is 13.6. The number of rotatable bonds is 6. The molecule has 1 amide bonds. The number of fused-ring (bicyclic) bond motifs is 1. The number of benzene rings is 1. The molecular weight excluding hydrogens is 605 g/mol. The van der Waals surface area contributed by atoms with E-state index in [1.165, 1.54) is 4.57 Å². The number of piperazine rings is 1. The Balaban J connectivity index is 1.72. The van der Waals surface area contributed by atoms with Crippen LogP contribution in [-0.4, -0.2) is 71.7 Å². The fourth-order valence-corrected chi connectivity index (χ4v) is 6.19. The minimum absolute atomic E-state index is 0.0921. The molecule has 1 atom stereocenters. The quantitative estimate of drug-likeness (QED) is 0.208. The van der Waals surface area contributed by atoms with Crippen LogP contribution in [0.3, 0.4) is 0 Å². The predicted octanol–water partition coefficient (Wildman–Crippen LogP) is 7.10. The third-order valence-corrected chi connectivity index (χ3v) is 13.4. The van der Waals surface area contributed by atoms with E-state index < -0.39 is 19.6 Å². The van der Waals surface area contributed by atoms with Crippen LogP contribution in [0, 0.1) is 0 Å². The Hall–Kier alpha value is -2.66. The number of hydrogen-bond acceptors (Lipinski definition) is 7. The highest BCUT2D eigenvalue weighted by Gasteiger charge is 2.37. The Morgan fingerprint density at radius 3 is 2.37 bits per heavy atom. The maximum atomic E-state index is 13.8. The molecule has 0 spiro atoms. The zero-order valence-electron chi connectivity index (χ0n) is 26.6. The van der Waals surface area contributed by atoms with E-state index >= 15 is 0 Å². The summed E-state index contributed by atoms with van der Waals surface area (Å²) in [7, 11) is -1.94. The molecule has 3 aromatic rings. The van der Waals surface area contributed by atoms with E-state index in [0.717, 1.165) is 5.56 Å². The number of amides is 1. The minimum Gasteiger partial charge on any atom is -0.444 e. The molecule has 1 saturated heterocycles. The lowest BCUT2D eigenvalue weighted by Gasteiger charge is -2.41. The molecule has 1 aromatic carbocycles. The van der Waals surface area contributed by atoms with Gasteiger partial charge in [-0.1, -0.05) is 62.2 Å². The number of ether oxygens (including phenoxy) is 1. The van der Waals surface area contributed by atoms with Crippen molar-refractivity contribution in [3.63, 3.8) is 0 Å². The second-order valence-corrected chi connectivity index (χ2v) is 19.2. The molecule has 2 aromatic heterocycles. The van der Waals surface area contributed by atoms with Gasteiger partial charge in [0, 0.05) is 32.3 Å². The summed E-state index contributed by atoms with van der Waals surface area (Å²) >= 11 is 12.9. The van der Waals surface area contributed by atoms with Crippen LogP contribution < -0.4 is 10.6 Å². The molecule has 3 heterocycles. The van der Waals surface area contributed by atoms with Crippen molar-refractivity contribution in [1.29, 1.82) is 0 Å². The van der Waals surface area contributed by atoms with Gasteiger partial charge in [-0.3, -0.25) is 0 Å².